The van der Waals surface area contributed by atoms with Crippen LogP contribution in [-0.2, 0) is 16.0 Å². The predicted molar refractivity (Wildman–Crippen MR) is 102 cm³/mol. The minimum Gasteiger partial charge on any atom is -0.457 e. The number of rotatable bonds is 6. The summed E-state index contributed by atoms with van der Waals surface area (Å²) in [6.07, 6.45) is 7.40. The SMILES string of the molecule is C1=C(CNOC2CCCCO2)CCc2c1cccc2Oc1ccccc1. The molecular formula is C22H25NO3. The molecule has 1 N–H and O–H groups in total. The molecule has 4 rings (SSSR count). The summed E-state index contributed by atoms with van der Waals surface area (Å²) in [5.74, 6) is 1.82. The Bertz CT molecular complexity index is 751. The molecule has 1 atom stereocenters. The van der Waals surface area contributed by atoms with Crippen molar-refractivity contribution in [2.75, 3.05) is 13.2 Å². The zero-order valence-corrected chi connectivity index (χ0v) is 14.9. The third kappa shape index (κ3) is 4.33. The lowest BCUT2D eigenvalue weighted by atomic mass is 9.91. The van der Waals surface area contributed by atoms with Gasteiger partial charge >= 0.3 is 0 Å². The smallest absolute Gasteiger partial charge is 0.177 e. The molecule has 0 saturated carbocycles. The van der Waals surface area contributed by atoms with Gasteiger partial charge < -0.3 is 9.47 Å². The molecule has 136 valence electrons. The summed E-state index contributed by atoms with van der Waals surface area (Å²) in [4.78, 5) is 5.64. The molecule has 0 bridgehead atoms. The maximum Gasteiger partial charge on any atom is 0.177 e. The predicted octanol–water partition coefficient (Wildman–Crippen LogP) is 4.86. The van der Waals surface area contributed by atoms with E-state index in [0.29, 0.717) is 0 Å². The van der Waals surface area contributed by atoms with Crippen molar-refractivity contribution >= 4 is 6.08 Å². The molecule has 26 heavy (non-hydrogen) atoms. The van der Waals surface area contributed by atoms with Crippen molar-refractivity contribution in [3.63, 3.8) is 0 Å². The van der Waals surface area contributed by atoms with Crippen molar-refractivity contribution in [1.82, 2.24) is 5.48 Å². The van der Waals surface area contributed by atoms with Crippen LogP contribution in [0.1, 0.15) is 36.8 Å². The number of nitrogens with one attached hydrogen (secondary N) is 1. The van der Waals surface area contributed by atoms with Crippen LogP contribution < -0.4 is 10.2 Å². The Morgan fingerprint density at radius 2 is 1.92 bits per heavy atom. The van der Waals surface area contributed by atoms with Gasteiger partial charge in [-0.15, -0.1) is 0 Å². The second-order valence-corrected chi connectivity index (χ2v) is 6.78. The van der Waals surface area contributed by atoms with E-state index in [2.05, 4.69) is 23.7 Å². The van der Waals surface area contributed by atoms with E-state index in [0.717, 1.165) is 50.3 Å². The highest BCUT2D eigenvalue weighted by Gasteiger charge is 2.17. The summed E-state index contributed by atoms with van der Waals surface area (Å²) in [7, 11) is 0. The van der Waals surface area contributed by atoms with Crippen molar-refractivity contribution in [1.29, 1.82) is 0 Å². The monoisotopic (exact) mass is 351 g/mol. The van der Waals surface area contributed by atoms with Crippen molar-refractivity contribution in [2.45, 2.75) is 38.4 Å². The van der Waals surface area contributed by atoms with Gasteiger partial charge in [0.1, 0.15) is 11.5 Å². The summed E-state index contributed by atoms with van der Waals surface area (Å²) in [5, 5.41) is 0. The molecule has 2 aromatic carbocycles. The number of ether oxygens (including phenoxy) is 2. The van der Waals surface area contributed by atoms with Crippen molar-refractivity contribution in [3.05, 3.63) is 65.2 Å². The lowest BCUT2D eigenvalue weighted by Gasteiger charge is -2.24. The third-order valence-corrected chi connectivity index (χ3v) is 4.85. The van der Waals surface area contributed by atoms with Gasteiger partial charge in [0, 0.05) is 25.1 Å². The highest BCUT2D eigenvalue weighted by atomic mass is 16.8. The van der Waals surface area contributed by atoms with Gasteiger partial charge in [0.05, 0.1) is 0 Å². The van der Waals surface area contributed by atoms with E-state index in [9.17, 15) is 0 Å². The van der Waals surface area contributed by atoms with Gasteiger partial charge in [-0.3, -0.25) is 4.84 Å². The first-order valence-electron chi connectivity index (χ1n) is 9.43. The second-order valence-electron chi connectivity index (χ2n) is 6.78. The first kappa shape index (κ1) is 17.3. The van der Waals surface area contributed by atoms with Crippen molar-refractivity contribution in [3.8, 4) is 11.5 Å². The number of hydroxylamine groups is 1. The molecule has 4 heteroatoms. The fourth-order valence-corrected chi connectivity index (χ4v) is 3.45. The van der Waals surface area contributed by atoms with Gasteiger partial charge in [-0.25, -0.2) is 0 Å². The van der Waals surface area contributed by atoms with E-state index in [1.807, 2.05) is 36.4 Å². The van der Waals surface area contributed by atoms with E-state index in [1.54, 1.807) is 0 Å². The fraction of sp³-hybridized carbons (Fsp3) is 0.364. The molecule has 0 spiro atoms. The Morgan fingerprint density at radius 3 is 2.77 bits per heavy atom. The van der Waals surface area contributed by atoms with E-state index >= 15 is 0 Å². The minimum atomic E-state index is -0.105. The van der Waals surface area contributed by atoms with Crippen LogP contribution in [0, 0.1) is 0 Å². The molecule has 1 aliphatic carbocycles. The van der Waals surface area contributed by atoms with Crippen LogP contribution >= 0.6 is 0 Å². The van der Waals surface area contributed by atoms with Crippen molar-refractivity contribution in [2.24, 2.45) is 0 Å². The molecule has 2 aromatic rings. The number of hydrogen-bond donors (Lipinski definition) is 1. The summed E-state index contributed by atoms with van der Waals surface area (Å²) < 4.78 is 11.7. The van der Waals surface area contributed by atoms with Crippen LogP contribution in [0.3, 0.4) is 0 Å². The van der Waals surface area contributed by atoms with Gasteiger partial charge in [0.15, 0.2) is 6.29 Å². The standard InChI is InChI=1S/C22H25NO3/c1-2-8-19(9-3-1)25-21-10-6-7-18-15-17(12-13-20(18)21)16-23-26-22-11-4-5-14-24-22/h1-3,6-10,15,22-23H,4-5,11-14,16H2. The molecule has 2 aliphatic rings. The van der Waals surface area contributed by atoms with Crippen LogP contribution in [-0.4, -0.2) is 19.4 Å². The van der Waals surface area contributed by atoms with E-state index in [4.69, 9.17) is 14.3 Å². The molecule has 1 heterocycles. The van der Waals surface area contributed by atoms with E-state index < -0.39 is 0 Å². The normalized spacial score (nSPS) is 19.5. The Hall–Kier alpha value is -2.14. The van der Waals surface area contributed by atoms with Gasteiger partial charge in [-0.1, -0.05) is 42.0 Å². The summed E-state index contributed by atoms with van der Waals surface area (Å²) in [6.45, 7) is 1.52. The maximum atomic E-state index is 6.09. The van der Waals surface area contributed by atoms with Gasteiger partial charge in [-0.05, 0) is 49.4 Å². The Balaban J connectivity index is 1.39. The summed E-state index contributed by atoms with van der Waals surface area (Å²) in [6, 6.07) is 16.2. The highest BCUT2D eigenvalue weighted by Crippen LogP contribution is 2.33. The lowest BCUT2D eigenvalue weighted by molar-refractivity contribution is -0.195. The van der Waals surface area contributed by atoms with Crippen LogP contribution in [0.25, 0.3) is 6.08 Å². The Labute approximate surface area is 154 Å². The fourth-order valence-electron chi connectivity index (χ4n) is 3.45. The molecular weight excluding hydrogens is 326 g/mol. The van der Waals surface area contributed by atoms with Crippen LogP contribution in [0.2, 0.25) is 0 Å². The topological polar surface area (TPSA) is 39.7 Å². The van der Waals surface area contributed by atoms with Crippen LogP contribution in [0.4, 0.5) is 0 Å². The average molecular weight is 351 g/mol. The second kappa shape index (κ2) is 8.49. The number of benzene rings is 2. The van der Waals surface area contributed by atoms with E-state index in [1.165, 1.54) is 23.1 Å². The summed E-state index contributed by atoms with van der Waals surface area (Å²) >= 11 is 0. The van der Waals surface area contributed by atoms with Gasteiger partial charge in [0.2, 0.25) is 0 Å². The molecule has 0 aromatic heterocycles. The lowest BCUT2D eigenvalue weighted by Crippen LogP contribution is -2.30. The first-order valence-corrected chi connectivity index (χ1v) is 9.43. The summed E-state index contributed by atoms with van der Waals surface area (Å²) in [5.41, 5.74) is 6.93. The quantitative estimate of drug-likeness (QED) is 0.755. The average Bonchev–Trinajstić information content (AvgIpc) is 2.70. The molecule has 0 radical (unpaired) electrons. The Kier molecular flexibility index (Phi) is 5.65. The zero-order chi connectivity index (χ0) is 17.6. The molecule has 1 saturated heterocycles. The number of fused-ring (bicyclic) bond motifs is 1. The Morgan fingerprint density at radius 1 is 1.00 bits per heavy atom. The van der Waals surface area contributed by atoms with Crippen molar-refractivity contribution < 1.29 is 14.3 Å². The van der Waals surface area contributed by atoms with E-state index in [-0.39, 0.29) is 6.29 Å². The van der Waals surface area contributed by atoms with Crippen LogP contribution in [0.5, 0.6) is 11.5 Å². The molecule has 1 fully saturated rings. The molecule has 1 unspecified atom stereocenters. The van der Waals surface area contributed by atoms with Crippen LogP contribution in [0.15, 0.2) is 54.1 Å². The number of para-hydroxylation sites is 1. The highest BCUT2D eigenvalue weighted by molar-refractivity contribution is 5.63. The van der Waals surface area contributed by atoms with Gasteiger partial charge in [-0.2, -0.15) is 5.48 Å². The third-order valence-electron chi connectivity index (χ3n) is 4.85. The minimum absolute atomic E-state index is 0.105. The maximum absolute atomic E-state index is 6.09. The molecule has 4 nitrogen and oxygen atoms in total. The first-order chi connectivity index (χ1) is 12.9. The molecule has 1 aliphatic heterocycles. The zero-order valence-electron chi connectivity index (χ0n) is 14.9. The largest absolute Gasteiger partial charge is 0.457 e. The molecule has 0 amide bonds. The van der Waals surface area contributed by atoms with Gasteiger partial charge in [0.25, 0.3) is 0 Å². The number of hydrogen-bond acceptors (Lipinski definition) is 4.